The number of ether oxygens (including phenoxy) is 1. The molecule has 78 valence electrons. The van der Waals surface area contributed by atoms with Crippen molar-refractivity contribution in [3.05, 3.63) is 28.8 Å². The Morgan fingerprint density at radius 2 is 2.33 bits per heavy atom. The summed E-state index contributed by atoms with van der Waals surface area (Å²) in [5.74, 6) is 0.0873. The number of esters is 1. The van der Waals surface area contributed by atoms with Crippen LogP contribution in [0.15, 0.2) is 18.2 Å². The molecule has 4 heteroatoms. The molecule has 0 saturated heterocycles. The smallest absolute Gasteiger partial charge is 0.312 e. The SMILES string of the molecule is Cc1cc(Cl)ccc1OC(=O)CCC#N. The average Bonchev–Trinajstić information content (AvgIpc) is 2.19. The van der Waals surface area contributed by atoms with Crippen LogP contribution >= 0.6 is 11.6 Å². The van der Waals surface area contributed by atoms with Crippen LogP contribution in [-0.2, 0) is 4.79 Å². The van der Waals surface area contributed by atoms with E-state index in [0.717, 1.165) is 5.56 Å². The van der Waals surface area contributed by atoms with Gasteiger partial charge >= 0.3 is 5.97 Å². The van der Waals surface area contributed by atoms with E-state index in [2.05, 4.69) is 0 Å². The highest BCUT2D eigenvalue weighted by molar-refractivity contribution is 6.30. The zero-order valence-electron chi connectivity index (χ0n) is 8.29. The second-order valence-electron chi connectivity index (χ2n) is 3.04. The Labute approximate surface area is 93.2 Å². The number of hydrogen-bond acceptors (Lipinski definition) is 3. The van der Waals surface area contributed by atoms with E-state index >= 15 is 0 Å². The monoisotopic (exact) mass is 223 g/mol. The molecule has 0 radical (unpaired) electrons. The summed E-state index contributed by atoms with van der Waals surface area (Å²) in [6.45, 7) is 1.80. The fraction of sp³-hybridized carbons (Fsp3) is 0.273. The van der Waals surface area contributed by atoms with Crippen molar-refractivity contribution in [2.45, 2.75) is 19.8 Å². The number of halogens is 1. The molecule has 0 aliphatic rings. The fourth-order valence-corrected chi connectivity index (χ4v) is 1.29. The second-order valence-corrected chi connectivity index (χ2v) is 3.48. The predicted octanol–water partition coefficient (Wildman–Crippen LogP) is 2.86. The lowest BCUT2D eigenvalue weighted by atomic mass is 10.2. The van der Waals surface area contributed by atoms with Crippen molar-refractivity contribution >= 4 is 17.6 Å². The molecule has 0 bridgehead atoms. The molecule has 0 N–H and O–H groups in total. The van der Waals surface area contributed by atoms with E-state index in [4.69, 9.17) is 21.6 Å². The quantitative estimate of drug-likeness (QED) is 0.585. The van der Waals surface area contributed by atoms with Gasteiger partial charge in [-0.15, -0.1) is 0 Å². The van der Waals surface area contributed by atoms with Crippen molar-refractivity contribution in [1.82, 2.24) is 0 Å². The number of carbonyl (C=O) groups excluding carboxylic acids is 1. The first-order chi connectivity index (χ1) is 7.13. The van der Waals surface area contributed by atoms with Crippen LogP contribution in [0.3, 0.4) is 0 Å². The van der Waals surface area contributed by atoms with Gasteiger partial charge in [-0.2, -0.15) is 5.26 Å². The number of rotatable bonds is 3. The molecule has 0 spiro atoms. The van der Waals surface area contributed by atoms with Gasteiger partial charge in [0.25, 0.3) is 0 Å². The number of nitrogens with zero attached hydrogens (tertiary/aromatic N) is 1. The van der Waals surface area contributed by atoms with Crippen LogP contribution in [0, 0.1) is 18.3 Å². The average molecular weight is 224 g/mol. The Balaban J connectivity index is 2.65. The van der Waals surface area contributed by atoms with Crippen molar-refractivity contribution in [1.29, 1.82) is 5.26 Å². The molecule has 3 nitrogen and oxygen atoms in total. The number of carbonyl (C=O) groups is 1. The van der Waals surface area contributed by atoms with Crippen molar-refractivity contribution in [2.24, 2.45) is 0 Å². The van der Waals surface area contributed by atoms with E-state index in [1.54, 1.807) is 25.1 Å². The van der Waals surface area contributed by atoms with E-state index in [0.29, 0.717) is 10.8 Å². The largest absolute Gasteiger partial charge is 0.426 e. The third-order valence-electron chi connectivity index (χ3n) is 1.80. The Morgan fingerprint density at radius 3 is 2.93 bits per heavy atom. The third-order valence-corrected chi connectivity index (χ3v) is 2.04. The first-order valence-electron chi connectivity index (χ1n) is 4.47. The lowest BCUT2D eigenvalue weighted by molar-refractivity contribution is -0.134. The Morgan fingerprint density at radius 1 is 1.60 bits per heavy atom. The van der Waals surface area contributed by atoms with Gasteiger partial charge in [-0.3, -0.25) is 4.79 Å². The van der Waals surface area contributed by atoms with E-state index in [1.807, 2.05) is 6.07 Å². The van der Waals surface area contributed by atoms with Gasteiger partial charge in [0, 0.05) is 11.4 Å². The van der Waals surface area contributed by atoms with Crippen LogP contribution in [0.4, 0.5) is 0 Å². The molecule has 0 aliphatic carbocycles. The summed E-state index contributed by atoms with van der Waals surface area (Å²) in [5, 5.41) is 8.90. The summed E-state index contributed by atoms with van der Waals surface area (Å²) < 4.78 is 5.05. The molecule has 0 aromatic heterocycles. The fourth-order valence-electron chi connectivity index (χ4n) is 1.06. The van der Waals surface area contributed by atoms with Gasteiger partial charge < -0.3 is 4.74 Å². The summed E-state index contributed by atoms with van der Waals surface area (Å²) in [6, 6.07) is 6.90. The molecule has 0 heterocycles. The summed E-state index contributed by atoms with van der Waals surface area (Å²) in [4.78, 5) is 11.2. The van der Waals surface area contributed by atoms with Crippen LogP contribution in [0.25, 0.3) is 0 Å². The molecular weight excluding hydrogens is 214 g/mol. The van der Waals surface area contributed by atoms with Gasteiger partial charge in [0.1, 0.15) is 5.75 Å². The normalized spacial score (nSPS) is 9.40. The molecule has 15 heavy (non-hydrogen) atoms. The summed E-state index contributed by atoms with van der Waals surface area (Å²) in [7, 11) is 0. The molecule has 1 aromatic rings. The van der Waals surface area contributed by atoms with Gasteiger partial charge in [0.05, 0.1) is 12.5 Å². The number of aryl methyl sites for hydroxylation is 1. The summed E-state index contributed by atoms with van der Waals surface area (Å²) >= 11 is 5.75. The lowest BCUT2D eigenvalue weighted by Gasteiger charge is -2.06. The van der Waals surface area contributed by atoms with E-state index in [1.165, 1.54) is 0 Å². The summed E-state index contributed by atoms with van der Waals surface area (Å²) in [5.41, 5.74) is 0.799. The lowest BCUT2D eigenvalue weighted by Crippen LogP contribution is -2.07. The van der Waals surface area contributed by atoms with E-state index < -0.39 is 5.97 Å². The highest BCUT2D eigenvalue weighted by atomic mass is 35.5. The Hall–Kier alpha value is -1.53. The van der Waals surface area contributed by atoms with Crippen LogP contribution in [0.5, 0.6) is 5.75 Å². The maximum Gasteiger partial charge on any atom is 0.312 e. The van der Waals surface area contributed by atoms with Gasteiger partial charge in [-0.05, 0) is 30.7 Å². The van der Waals surface area contributed by atoms with E-state index in [9.17, 15) is 4.79 Å². The standard InChI is InChI=1S/C11H10ClNO2/c1-8-7-9(12)4-5-10(8)15-11(14)3-2-6-13/h4-5,7H,2-3H2,1H3. The molecule has 1 rings (SSSR count). The molecule has 0 atom stereocenters. The minimum Gasteiger partial charge on any atom is -0.426 e. The summed E-state index contributed by atoms with van der Waals surface area (Å²) in [6.07, 6.45) is 0.282. The van der Waals surface area contributed by atoms with E-state index in [-0.39, 0.29) is 12.8 Å². The van der Waals surface area contributed by atoms with Crippen LogP contribution in [-0.4, -0.2) is 5.97 Å². The first-order valence-corrected chi connectivity index (χ1v) is 4.85. The minimum absolute atomic E-state index is 0.110. The molecule has 0 amide bonds. The first kappa shape index (κ1) is 11.5. The van der Waals surface area contributed by atoms with Gasteiger partial charge in [-0.25, -0.2) is 0 Å². The molecule has 1 aromatic carbocycles. The number of benzene rings is 1. The molecule has 0 aliphatic heterocycles. The van der Waals surface area contributed by atoms with Crippen LogP contribution in [0.2, 0.25) is 5.02 Å². The van der Waals surface area contributed by atoms with Crippen LogP contribution < -0.4 is 4.74 Å². The van der Waals surface area contributed by atoms with Crippen molar-refractivity contribution in [3.63, 3.8) is 0 Å². The van der Waals surface area contributed by atoms with Crippen molar-refractivity contribution in [2.75, 3.05) is 0 Å². The minimum atomic E-state index is -0.401. The van der Waals surface area contributed by atoms with Gasteiger partial charge in [0.2, 0.25) is 0 Å². The zero-order valence-corrected chi connectivity index (χ0v) is 9.04. The zero-order chi connectivity index (χ0) is 11.3. The van der Waals surface area contributed by atoms with Crippen LogP contribution in [0.1, 0.15) is 18.4 Å². The maximum absolute atomic E-state index is 11.2. The Kier molecular flexibility index (Phi) is 4.14. The topological polar surface area (TPSA) is 50.1 Å². The van der Waals surface area contributed by atoms with Gasteiger partial charge in [-0.1, -0.05) is 11.6 Å². The highest BCUT2D eigenvalue weighted by Gasteiger charge is 2.06. The third kappa shape index (κ3) is 3.61. The molecule has 0 saturated carbocycles. The van der Waals surface area contributed by atoms with Gasteiger partial charge in [0.15, 0.2) is 0 Å². The second kappa shape index (κ2) is 5.38. The predicted molar refractivity (Wildman–Crippen MR) is 56.7 cm³/mol. The highest BCUT2D eigenvalue weighted by Crippen LogP contribution is 2.22. The Bertz CT molecular complexity index is 410. The molecule has 0 fully saturated rings. The number of hydrogen-bond donors (Lipinski definition) is 0. The van der Waals surface area contributed by atoms with Crippen molar-refractivity contribution < 1.29 is 9.53 Å². The molecule has 0 unspecified atom stereocenters. The van der Waals surface area contributed by atoms with Crippen molar-refractivity contribution in [3.8, 4) is 11.8 Å². The maximum atomic E-state index is 11.2. The number of nitriles is 1. The molecular formula is C11H10ClNO2.